The second kappa shape index (κ2) is 17.9. The van der Waals surface area contributed by atoms with Crippen LogP contribution in [0.5, 0.6) is 0 Å². The molecule has 0 rings (SSSR count). The van der Waals surface area contributed by atoms with Gasteiger partial charge in [0.25, 0.3) is 0 Å². The summed E-state index contributed by atoms with van der Waals surface area (Å²) in [5, 5.41) is 0. The van der Waals surface area contributed by atoms with Gasteiger partial charge in [-0.2, -0.15) is 0 Å². The highest BCUT2D eigenvalue weighted by atomic mass is 31.2. The maximum absolute atomic E-state index is 8.88. The van der Waals surface area contributed by atoms with Crippen LogP contribution in [0, 0.1) is 0 Å². The summed E-state index contributed by atoms with van der Waals surface area (Å²) in [7, 11) is -11.7. The molecule has 0 saturated carbocycles. The van der Waals surface area contributed by atoms with Crippen LogP contribution in [0.15, 0.2) is 0 Å². The standard InChI is InChI=1S/H3O4P.2H3O3P.HO2P/c1-5(2,3)4;2*1-4(2)3;1-3-2/h(H3,1,2,3,4);2*4H,(H2,1,2,3);(H,1,2). The fraction of sp³-hybridized carbons (Fsp3) is 0. The summed E-state index contributed by atoms with van der Waals surface area (Å²) in [4.78, 5) is 57.2. The topological polar surface area (TPSA) is 230 Å². The van der Waals surface area contributed by atoms with Crippen LogP contribution in [0.25, 0.3) is 0 Å². The van der Waals surface area contributed by atoms with Gasteiger partial charge in [0.05, 0.1) is 0 Å². The van der Waals surface area contributed by atoms with Gasteiger partial charge in [-0.05, 0) is 0 Å². The molecule has 0 spiro atoms. The molecule has 102 valence electrons. The minimum atomic E-state index is -4.64. The van der Waals surface area contributed by atoms with Crippen molar-refractivity contribution < 1.29 is 57.4 Å². The highest BCUT2D eigenvalue weighted by molar-refractivity contribution is 7.45. The normalized spacial score (nSPS) is 9.38. The van der Waals surface area contributed by atoms with E-state index in [9.17, 15) is 0 Å². The summed E-state index contributed by atoms with van der Waals surface area (Å²) in [6.07, 6.45) is 0. The average molecular weight is 326 g/mol. The van der Waals surface area contributed by atoms with E-state index in [4.69, 9.17) is 57.4 Å². The molecule has 0 bridgehead atoms. The van der Waals surface area contributed by atoms with Crippen molar-refractivity contribution in [2.45, 2.75) is 0 Å². The molecule has 0 radical (unpaired) electrons. The first kappa shape index (κ1) is 25.3. The third-order valence-electron chi connectivity index (χ3n) is 0. The predicted octanol–water partition coefficient (Wildman–Crippen LogP) is -2.02. The molecule has 0 aliphatic rings. The van der Waals surface area contributed by atoms with Crippen LogP contribution in [0.3, 0.4) is 0 Å². The Morgan fingerprint density at radius 3 is 0.875 bits per heavy atom. The summed E-state index contributed by atoms with van der Waals surface area (Å²) in [5.41, 5.74) is 0. The van der Waals surface area contributed by atoms with Crippen molar-refractivity contribution in [3.8, 4) is 0 Å². The van der Waals surface area contributed by atoms with Gasteiger partial charge in [-0.25, -0.2) is 9.13 Å². The molecule has 8 N–H and O–H groups in total. The van der Waals surface area contributed by atoms with E-state index < -0.39 is 33.0 Å². The van der Waals surface area contributed by atoms with Gasteiger partial charge in [-0.3, -0.25) is 9.13 Å². The summed E-state index contributed by atoms with van der Waals surface area (Å²) >= 11 is 0. The van der Waals surface area contributed by atoms with Gasteiger partial charge in [0.15, 0.2) is 0 Å². The first-order valence-electron chi connectivity index (χ1n) is 2.47. The Morgan fingerprint density at radius 1 is 0.875 bits per heavy atom. The molecule has 0 amide bonds. The zero-order chi connectivity index (χ0) is 14.4. The molecular weight excluding hydrogens is 316 g/mol. The van der Waals surface area contributed by atoms with Gasteiger partial charge in [0, 0.05) is 0 Å². The first-order valence-corrected chi connectivity index (χ1v) is 7.40. The van der Waals surface area contributed by atoms with Crippen LogP contribution in [-0.2, 0) is 18.3 Å². The fourth-order valence-electron chi connectivity index (χ4n) is 0. The lowest BCUT2D eigenvalue weighted by molar-refractivity contribution is 0.275. The zero-order valence-electron chi connectivity index (χ0n) is 7.11. The molecule has 0 aliphatic carbocycles. The van der Waals surface area contributed by atoms with Gasteiger partial charge >= 0.3 is 33.0 Å². The van der Waals surface area contributed by atoms with E-state index in [2.05, 4.69) is 0 Å². The Bertz CT molecular complexity index is 195. The molecule has 0 aromatic heterocycles. The lowest BCUT2D eigenvalue weighted by Crippen LogP contribution is -1.66. The number of phosphoric acid groups is 1. The van der Waals surface area contributed by atoms with Crippen LogP contribution < -0.4 is 0 Å². The second-order valence-corrected chi connectivity index (χ2v) is 3.48. The number of hydrogen-bond donors (Lipinski definition) is 8. The molecule has 0 atom stereocenters. The molecule has 0 aromatic carbocycles. The Labute approximate surface area is 91.3 Å². The largest absolute Gasteiger partial charge is 0.466 e. The van der Waals surface area contributed by atoms with E-state index >= 15 is 0 Å². The van der Waals surface area contributed by atoms with Crippen molar-refractivity contribution in [3.05, 3.63) is 0 Å². The molecular formula is H10O12P4. The highest BCUT2D eigenvalue weighted by Gasteiger charge is 2.00. The molecule has 0 heterocycles. The van der Waals surface area contributed by atoms with E-state index in [1.807, 2.05) is 0 Å². The van der Waals surface area contributed by atoms with E-state index in [0.717, 1.165) is 0 Å². The summed E-state index contributed by atoms with van der Waals surface area (Å²) in [6, 6.07) is 0. The van der Waals surface area contributed by atoms with E-state index in [1.165, 1.54) is 0 Å². The fourth-order valence-corrected chi connectivity index (χ4v) is 0. The third-order valence-corrected chi connectivity index (χ3v) is 0. The summed E-state index contributed by atoms with van der Waals surface area (Å²) in [5.74, 6) is 0. The monoisotopic (exact) mass is 326 g/mol. The smallest absolute Gasteiger partial charge is 0.326 e. The van der Waals surface area contributed by atoms with Gasteiger partial charge in [0.1, 0.15) is 0 Å². The van der Waals surface area contributed by atoms with E-state index in [0.29, 0.717) is 0 Å². The van der Waals surface area contributed by atoms with Gasteiger partial charge in [-0.15, -0.1) is 0 Å². The molecule has 0 saturated heterocycles. The van der Waals surface area contributed by atoms with Crippen molar-refractivity contribution in [2.24, 2.45) is 0 Å². The summed E-state index contributed by atoms with van der Waals surface area (Å²) < 4.78 is 34.8. The maximum Gasteiger partial charge on any atom is 0.466 e. The van der Waals surface area contributed by atoms with Crippen LogP contribution >= 0.6 is 33.0 Å². The third kappa shape index (κ3) is 11900. The van der Waals surface area contributed by atoms with Crippen LogP contribution in [0.2, 0.25) is 0 Å². The first-order chi connectivity index (χ1) is 6.88. The average Bonchev–Trinajstić information content (AvgIpc) is 1.78. The summed E-state index contributed by atoms with van der Waals surface area (Å²) in [6.45, 7) is 0. The molecule has 0 fully saturated rings. The molecule has 16 heteroatoms. The van der Waals surface area contributed by atoms with E-state index in [-0.39, 0.29) is 0 Å². The molecule has 0 unspecified atom stereocenters. The van der Waals surface area contributed by atoms with Crippen LogP contribution in [0.1, 0.15) is 0 Å². The van der Waals surface area contributed by atoms with Crippen molar-refractivity contribution in [1.29, 1.82) is 0 Å². The van der Waals surface area contributed by atoms with Gasteiger partial charge in [0.2, 0.25) is 0 Å². The van der Waals surface area contributed by atoms with Gasteiger partial charge in [-0.1, -0.05) is 0 Å². The molecule has 0 aromatic rings. The SMILES string of the molecule is O=P(O)(O)O.O=PO.O=[PH](O)O.O=[PH](O)O. The maximum atomic E-state index is 8.88. The number of rotatable bonds is 0. The predicted molar refractivity (Wildman–Crippen MR) is 51.0 cm³/mol. The zero-order valence-corrected chi connectivity index (χ0v) is 10.9. The van der Waals surface area contributed by atoms with Crippen molar-refractivity contribution in [2.75, 3.05) is 0 Å². The molecule has 0 aliphatic heterocycles. The molecule has 12 nitrogen and oxygen atoms in total. The Kier molecular flexibility index (Phi) is 28.3. The molecule has 16 heavy (non-hydrogen) atoms. The lowest BCUT2D eigenvalue weighted by atomic mass is 15.8. The van der Waals surface area contributed by atoms with Crippen molar-refractivity contribution in [3.63, 3.8) is 0 Å². The van der Waals surface area contributed by atoms with E-state index in [1.54, 1.807) is 0 Å². The minimum absolute atomic E-state index is 0.833. The van der Waals surface area contributed by atoms with Crippen molar-refractivity contribution >= 4 is 33.0 Å². The Morgan fingerprint density at radius 2 is 0.875 bits per heavy atom. The van der Waals surface area contributed by atoms with Crippen LogP contribution in [0.4, 0.5) is 0 Å². The highest BCUT2D eigenvalue weighted by Crippen LogP contribution is 2.25. The van der Waals surface area contributed by atoms with Crippen LogP contribution in [-0.4, -0.2) is 39.1 Å². The Balaban J connectivity index is -0.0000000610. The van der Waals surface area contributed by atoms with Gasteiger partial charge < -0.3 is 39.1 Å². The number of hydrogen-bond acceptors (Lipinski definition) is 4. The lowest BCUT2D eigenvalue weighted by Gasteiger charge is -1.82. The van der Waals surface area contributed by atoms with Crippen molar-refractivity contribution in [1.82, 2.24) is 0 Å². The minimum Gasteiger partial charge on any atom is -0.326 e. The Hall–Kier alpha value is 0.470. The quantitative estimate of drug-likeness (QED) is 0.225. The second-order valence-electron chi connectivity index (χ2n) is 1.16.